The lowest BCUT2D eigenvalue weighted by Crippen LogP contribution is -2.15. The normalized spacial score (nSPS) is 10.2. The maximum absolute atomic E-state index is 11.9. The number of aromatic nitrogens is 2. The van der Waals surface area contributed by atoms with Crippen molar-refractivity contribution in [2.45, 2.75) is 19.9 Å². The number of thiocarbonyl (C=S) groups is 1. The zero-order valence-corrected chi connectivity index (χ0v) is 12.0. The Labute approximate surface area is 122 Å². The smallest absolute Gasteiger partial charge is 0.226 e. The van der Waals surface area contributed by atoms with Crippen molar-refractivity contribution in [1.29, 1.82) is 0 Å². The molecule has 0 radical (unpaired) electrons. The average Bonchev–Trinajstić information content (AvgIpc) is 2.82. The van der Waals surface area contributed by atoms with Gasteiger partial charge in [0.2, 0.25) is 5.91 Å². The number of aryl methyl sites for hydroxylation is 2. The minimum atomic E-state index is -0.0711. The maximum atomic E-state index is 11.9. The third kappa shape index (κ3) is 3.89. The molecule has 0 unspecified atom stereocenters. The number of amides is 1. The van der Waals surface area contributed by atoms with Crippen LogP contribution in [0.15, 0.2) is 36.7 Å². The van der Waals surface area contributed by atoms with Crippen LogP contribution >= 0.6 is 12.2 Å². The topological polar surface area (TPSA) is 72.9 Å². The molecule has 2 aromatic rings. The Hall–Kier alpha value is -2.21. The first kappa shape index (κ1) is 14.2. The van der Waals surface area contributed by atoms with Crippen molar-refractivity contribution in [3.8, 4) is 0 Å². The highest BCUT2D eigenvalue weighted by atomic mass is 32.1. The monoisotopic (exact) mass is 288 g/mol. The van der Waals surface area contributed by atoms with E-state index in [0.29, 0.717) is 23.6 Å². The second-order valence-corrected chi connectivity index (χ2v) is 4.96. The highest BCUT2D eigenvalue weighted by Gasteiger charge is 2.05. The molecule has 1 aromatic heterocycles. The predicted octanol–water partition coefficient (Wildman–Crippen LogP) is 1.85. The summed E-state index contributed by atoms with van der Waals surface area (Å²) in [5.41, 5.74) is 8.06. The van der Waals surface area contributed by atoms with Gasteiger partial charge in [-0.2, -0.15) is 5.10 Å². The van der Waals surface area contributed by atoms with Gasteiger partial charge in [-0.3, -0.25) is 9.48 Å². The van der Waals surface area contributed by atoms with Crippen LogP contribution in [0.25, 0.3) is 0 Å². The standard InChI is InChI=1S/C14H16N4OS/c1-10-8-16-18(9-10)6-5-13(19)17-12-4-2-3-11(7-12)14(15)20/h2-4,7-9H,5-6H2,1H3,(H2,15,20)(H,17,19). The number of hydrogen-bond donors (Lipinski definition) is 2. The van der Waals surface area contributed by atoms with Crippen molar-refractivity contribution >= 4 is 28.8 Å². The SMILES string of the molecule is Cc1cnn(CCC(=O)Nc2cccc(C(N)=S)c2)c1. The van der Waals surface area contributed by atoms with Gasteiger partial charge in [0.15, 0.2) is 0 Å². The van der Waals surface area contributed by atoms with Crippen molar-refractivity contribution in [3.63, 3.8) is 0 Å². The van der Waals surface area contributed by atoms with Crippen molar-refractivity contribution < 1.29 is 4.79 Å². The van der Waals surface area contributed by atoms with E-state index in [9.17, 15) is 4.79 Å². The summed E-state index contributed by atoms with van der Waals surface area (Å²) in [6.07, 6.45) is 4.03. The number of anilines is 1. The van der Waals surface area contributed by atoms with Gasteiger partial charge in [0.25, 0.3) is 0 Å². The van der Waals surface area contributed by atoms with Gasteiger partial charge in [0.05, 0.1) is 6.20 Å². The van der Waals surface area contributed by atoms with E-state index >= 15 is 0 Å². The number of rotatable bonds is 5. The molecule has 0 aliphatic rings. The quantitative estimate of drug-likeness (QED) is 0.824. The van der Waals surface area contributed by atoms with Crippen molar-refractivity contribution in [2.75, 3.05) is 5.32 Å². The number of hydrogen-bond acceptors (Lipinski definition) is 3. The molecular formula is C14H16N4OS. The molecule has 20 heavy (non-hydrogen) atoms. The molecule has 0 aliphatic heterocycles. The first-order valence-corrected chi connectivity index (χ1v) is 6.64. The van der Waals surface area contributed by atoms with Gasteiger partial charge < -0.3 is 11.1 Å². The summed E-state index contributed by atoms with van der Waals surface area (Å²) in [5, 5.41) is 6.95. The van der Waals surface area contributed by atoms with Gasteiger partial charge in [0, 0.05) is 30.4 Å². The van der Waals surface area contributed by atoms with Crippen LogP contribution in [-0.2, 0) is 11.3 Å². The number of carbonyl (C=O) groups is 1. The molecule has 0 saturated carbocycles. The number of nitrogens with one attached hydrogen (secondary N) is 1. The van der Waals surface area contributed by atoms with Gasteiger partial charge in [0.1, 0.15) is 4.99 Å². The summed E-state index contributed by atoms with van der Waals surface area (Å²) in [6.45, 7) is 2.51. The van der Waals surface area contributed by atoms with Gasteiger partial charge in [-0.25, -0.2) is 0 Å². The fourth-order valence-electron chi connectivity index (χ4n) is 1.78. The first-order valence-electron chi connectivity index (χ1n) is 6.23. The Morgan fingerprint density at radius 2 is 2.30 bits per heavy atom. The van der Waals surface area contributed by atoms with E-state index in [1.54, 1.807) is 29.1 Å². The minimum Gasteiger partial charge on any atom is -0.389 e. The summed E-state index contributed by atoms with van der Waals surface area (Å²) in [4.78, 5) is 12.2. The molecule has 0 aliphatic carbocycles. The van der Waals surface area contributed by atoms with Crippen LogP contribution in [-0.4, -0.2) is 20.7 Å². The Kier molecular flexibility index (Phi) is 4.47. The molecule has 6 heteroatoms. The Bertz CT molecular complexity index is 636. The van der Waals surface area contributed by atoms with E-state index in [1.807, 2.05) is 19.2 Å². The molecule has 0 atom stereocenters. The van der Waals surface area contributed by atoms with Crippen molar-refractivity contribution in [1.82, 2.24) is 9.78 Å². The van der Waals surface area contributed by atoms with Crippen LogP contribution in [0.4, 0.5) is 5.69 Å². The molecule has 0 fully saturated rings. The maximum Gasteiger partial charge on any atom is 0.226 e. The van der Waals surface area contributed by atoms with Gasteiger partial charge in [-0.05, 0) is 24.6 Å². The molecule has 104 valence electrons. The summed E-state index contributed by atoms with van der Waals surface area (Å²) in [5.74, 6) is -0.0711. The number of nitrogens with zero attached hydrogens (tertiary/aromatic N) is 2. The fourth-order valence-corrected chi connectivity index (χ4v) is 1.91. The fraction of sp³-hybridized carbons (Fsp3) is 0.214. The van der Waals surface area contributed by atoms with Crippen LogP contribution in [0.5, 0.6) is 0 Å². The van der Waals surface area contributed by atoms with Crippen LogP contribution < -0.4 is 11.1 Å². The number of nitrogens with two attached hydrogens (primary N) is 1. The van der Waals surface area contributed by atoms with Gasteiger partial charge >= 0.3 is 0 Å². The van der Waals surface area contributed by atoms with Crippen molar-refractivity contribution in [3.05, 3.63) is 47.8 Å². The molecule has 3 N–H and O–H groups in total. The molecule has 0 saturated heterocycles. The molecule has 1 amide bonds. The molecule has 2 rings (SSSR count). The summed E-state index contributed by atoms with van der Waals surface area (Å²) in [6, 6.07) is 7.18. The largest absolute Gasteiger partial charge is 0.389 e. The second kappa shape index (κ2) is 6.29. The van der Waals surface area contributed by atoms with Crippen molar-refractivity contribution in [2.24, 2.45) is 5.73 Å². The first-order chi connectivity index (χ1) is 9.54. The van der Waals surface area contributed by atoms with Crippen LogP contribution in [0.1, 0.15) is 17.5 Å². The molecule has 5 nitrogen and oxygen atoms in total. The van der Waals surface area contributed by atoms with E-state index < -0.39 is 0 Å². The third-order valence-corrected chi connectivity index (χ3v) is 3.00. The second-order valence-electron chi connectivity index (χ2n) is 4.52. The highest BCUT2D eigenvalue weighted by Crippen LogP contribution is 2.11. The predicted molar refractivity (Wildman–Crippen MR) is 82.5 cm³/mol. The lowest BCUT2D eigenvalue weighted by molar-refractivity contribution is -0.116. The number of benzene rings is 1. The zero-order chi connectivity index (χ0) is 14.5. The van der Waals surface area contributed by atoms with Gasteiger partial charge in [-0.1, -0.05) is 24.4 Å². The molecule has 0 bridgehead atoms. The lowest BCUT2D eigenvalue weighted by Gasteiger charge is -2.07. The van der Waals surface area contributed by atoms with E-state index in [2.05, 4.69) is 10.4 Å². The molecule has 1 aromatic carbocycles. The van der Waals surface area contributed by atoms with Crippen LogP contribution in [0.2, 0.25) is 0 Å². The summed E-state index contributed by atoms with van der Waals surface area (Å²) in [7, 11) is 0. The Morgan fingerprint density at radius 3 is 2.95 bits per heavy atom. The lowest BCUT2D eigenvalue weighted by atomic mass is 10.2. The Morgan fingerprint density at radius 1 is 1.50 bits per heavy atom. The average molecular weight is 288 g/mol. The summed E-state index contributed by atoms with van der Waals surface area (Å²) >= 11 is 4.91. The van der Waals surface area contributed by atoms with Crippen LogP contribution in [0, 0.1) is 6.92 Å². The molecule has 0 spiro atoms. The van der Waals surface area contributed by atoms with Gasteiger partial charge in [-0.15, -0.1) is 0 Å². The Balaban J connectivity index is 1.91. The highest BCUT2D eigenvalue weighted by molar-refractivity contribution is 7.80. The third-order valence-electron chi connectivity index (χ3n) is 2.76. The minimum absolute atomic E-state index is 0.0711. The summed E-state index contributed by atoms with van der Waals surface area (Å²) < 4.78 is 1.75. The van der Waals surface area contributed by atoms with E-state index in [4.69, 9.17) is 18.0 Å². The van der Waals surface area contributed by atoms with E-state index in [-0.39, 0.29) is 5.91 Å². The number of carbonyl (C=O) groups excluding carboxylic acids is 1. The zero-order valence-electron chi connectivity index (χ0n) is 11.2. The van der Waals surface area contributed by atoms with Crippen LogP contribution in [0.3, 0.4) is 0 Å². The van der Waals surface area contributed by atoms with E-state index in [0.717, 1.165) is 11.1 Å². The molecular weight excluding hydrogens is 272 g/mol. The molecule has 1 heterocycles. The van der Waals surface area contributed by atoms with E-state index in [1.165, 1.54) is 0 Å².